The summed E-state index contributed by atoms with van der Waals surface area (Å²) in [4.78, 5) is 40.8. The number of aliphatic hydroxyl groups is 1. The summed E-state index contributed by atoms with van der Waals surface area (Å²) in [5, 5.41) is 13.7. The smallest absolute Gasteiger partial charge is 0.319 e. The number of ether oxygens (including phenoxy) is 2. The molecule has 9 atom stereocenters. The Hall–Kier alpha value is -3.92. The SMILES string of the molecule is C/C=C1/CN(C)[C@H]2Cc3c([nH]c4ccccc34)[C@H](c3ccc4[nH]c5c(c4c3)CCN3C[C@@H]4C[C@H](CC)[C@H]3[C@@]5(C(=O)OC)C4)C[C@H]1[C@]2(CO)C(=O)OC. The fourth-order valence-corrected chi connectivity index (χ4v) is 12.3. The number of carbonyl (C=O) groups excluding carboxylic acids is 2. The Kier molecular flexibility index (Phi) is 8.03. The van der Waals surface area contributed by atoms with Crippen molar-refractivity contribution in [2.45, 2.75) is 75.8 Å². The maximum atomic E-state index is 14.2. The molecule has 9 nitrogen and oxygen atoms in total. The van der Waals surface area contributed by atoms with Gasteiger partial charge in [0.15, 0.2) is 0 Å². The number of carbonyl (C=O) groups is 2. The van der Waals surface area contributed by atoms with Gasteiger partial charge >= 0.3 is 11.9 Å². The Bertz CT molecular complexity index is 2110. The summed E-state index contributed by atoms with van der Waals surface area (Å²) in [6.45, 7) is 6.73. The van der Waals surface area contributed by atoms with Crippen LogP contribution in [0.25, 0.3) is 21.8 Å². The highest BCUT2D eigenvalue weighted by Crippen LogP contribution is 2.57. The van der Waals surface area contributed by atoms with Gasteiger partial charge < -0.3 is 24.5 Å². The zero-order chi connectivity index (χ0) is 36.1. The number of benzene rings is 2. The third-order valence-electron chi connectivity index (χ3n) is 14.5. The van der Waals surface area contributed by atoms with Crippen molar-refractivity contribution < 1.29 is 24.2 Å². The number of aromatic nitrogens is 2. The van der Waals surface area contributed by atoms with E-state index in [1.807, 2.05) is 6.92 Å². The van der Waals surface area contributed by atoms with Gasteiger partial charge in [-0.1, -0.05) is 49.3 Å². The van der Waals surface area contributed by atoms with Gasteiger partial charge in [-0.05, 0) is 92.8 Å². The van der Waals surface area contributed by atoms with Gasteiger partial charge in [0, 0.05) is 76.7 Å². The summed E-state index contributed by atoms with van der Waals surface area (Å²) in [5.74, 6) is 0.158. The molecule has 0 radical (unpaired) electrons. The quantitative estimate of drug-likeness (QED) is 0.177. The maximum absolute atomic E-state index is 14.2. The molecule has 9 heteroatoms. The van der Waals surface area contributed by atoms with Crippen LogP contribution in [0.5, 0.6) is 0 Å². The Morgan fingerprint density at radius 3 is 2.56 bits per heavy atom. The molecule has 0 spiro atoms. The van der Waals surface area contributed by atoms with E-state index in [9.17, 15) is 14.7 Å². The minimum Gasteiger partial charge on any atom is -0.468 e. The zero-order valence-electron chi connectivity index (χ0n) is 31.1. The summed E-state index contributed by atoms with van der Waals surface area (Å²) in [6.07, 6.45) is 7.31. The van der Waals surface area contributed by atoms with Gasteiger partial charge in [0.1, 0.15) is 10.8 Å². The Labute approximate surface area is 305 Å². The fraction of sp³-hybridized carbons (Fsp3) is 0.535. The minimum atomic E-state index is -1.12. The molecule has 3 saturated heterocycles. The lowest BCUT2D eigenvalue weighted by Crippen LogP contribution is -2.67. The molecule has 4 aromatic rings. The second-order valence-corrected chi connectivity index (χ2v) is 16.5. The van der Waals surface area contributed by atoms with Crippen LogP contribution in [-0.4, -0.2) is 96.4 Å². The van der Waals surface area contributed by atoms with E-state index in [4.69, 9.17) is 9.47 Å². The number of nitrogens with zero attached hydrogens (tertiary/aromatic N) is 2. The first-order chi connectivity index (χ1) is 25.2. The molecule has 4 aliphatic heterocycles. The molecule has 0 amide bonds. The highest BCUT2D eigenvalue weighted by molar-refractivity contribution is 5.92. The van der Waals surface area contributed by atoms with Crippen molar-refractivity contribution in [2.75, 3.05) is 47.5 Å². The third kappa shape index (κ3) is 4.45. The van der Waals surface area contributed by atoms with Crippen LogP contribution >= 0.6 is 0 Å². The topological polar surface area (TPSA) is 111 Å². The van der Waals surface area contributed by atoms with Gasteiger partial charge in [0.2, 0.25) is 0 Å². The molecular weight excluding hydrogens is 652 g/mol. The molecule has 2 aliphatic carbocycles. The number of methoxy groups -OCH3 is 2. The van der Waals surface area contributed by atoms with E-state index in [1.54, 1.807) is 7.11 Å². The van der Waals surface area contributed by atoms with Crippen molar-refractivity contribution in [1.29, 1.82) is 0 Å². The second kappa shape index (κ2) is 12.3. The number of H-pyrrole nitrogens is 2. The van der Waals surface area contributed by atoms with Crippen molar-refractivity contribution in [1.82, 2.24) is 19.8 Å². The molecule has 6 heterocycles. The van der Waals surface area contributed by atoms with Crippen LogP contribution in [0.15, 0.2) is 54.1 Å². The highest BCUT2D eigenvalue weighted by atomic mass is 16.5. The summed E-state index contributed by atoms with van der Waals surface area (Å²) in [6, 6.07) is 15.1. The summed E-state index contributed by atoms with van der Waals surface area (Å²) >= 11 is 0. The summed E-state index contributed by atoms with van der Waals surface area (Å²) in [5.41, 5.74) is 7.29. The first-order valence-electron chi connectivity index (χ1n) is 19.3. The van der Waals surface area contributed by atoms with Crippen LogP contribution in [0, 0.1) is 23.2 Å². The predicted molar refractivity (Wildman–Crippen MR) is 201 cm³/mol. The van der Waals surface area contributed by atoms with Crippen molar-refractivity contribution in [2.24, 2.45) is 23.2 Å². The van der Waals surface area contributed by atoms with Crippen molar-refractivity contribution in [3.05, 3.63) is 82.2 Å². The normalized spacial score (nSPS) is 34.7. The molecule has 6 bridgehead atoms. The van der Waals surface area contributed by atoms with Gasteiger partial charge in [-0.25, -0.2) is 0 Å². The second-order valence-electron chi connectivity index (χ2n) is 16.5. The highest BCUT2D eigenvalue weighted by Gasteiger charge is 2.63. The van der Waals surface area contributed by atoms with Crippen LogP contribution in [0.4, 0.5) is 0 Å². The van der Waals surface area contributed by atoms with E-state index < -0.39 is 10.8 Å². The third-order valence-corrected chi connectivity index (χ3v) is 14.5. The first kappa shape index (κ1) is 33.9. The van der Waals surface area contributed by atoms with E-state index in [0.29, 0.717) is 24.7 Å². The summed E-state index contributed by atoms with van der Waals surface area (Å²) in [7, 11) is 5.07. The number of nitrogens with one attached hydrogen (secondary N) is 2. The van der Waals surface area contributed by atoms with Crippen molar-refractivity contribution in [3.63, 3.8) is 0 Å². The average molecular weight is 705 g/mol. The Morgan fingerprint density at radius 1 is 1.02 bits per heavy atom. The molecular formula is C43H52N4O5. The molecule has 274 valence electrons. The first-order valence-corrected chi connectivity index (χ1v) is 19.3. The summed E-state index contributed by atoms with van der Waals surface area (Å²) < 4.78 is 11.3. The maximum Gasteiger partial charge on any atom is 0.319 e. The van der Waals surface area contributed by atoms with Crippen LogP contribution in [0.3, 0.4) is 0 Å². The molecule has 6 aliphatic rings. The number of esters is 2. The molecule has 52 heavy (non-hydrogen) atoms. The van der Waals surface area contributed by atoms with Crippen LogP contribution in [0.1, 0.15) is 73.5 Å². The van der Waals surface area contributed by atoms with E-state index in [2.05, 4.69) is 82.3 Å². The monoisotopic (exact) mass is 704 g/mol. The van der Waals surface area contributed by atoms with Crippen molar-refractivity contribution in [3.8, 4) is 0 Å². The number of rotatable bonds is 5. The number of aromatic amines is 2. The number of likely N-dealkylation sites (tertiary alicyclic amines) is 1. The van der Waals surface area contributed by atoms with Crippen LogP contribution in [-0.2, 0) is 37.3 Å². The molecule has 1 unspecified atom stereocenters. The molecule has 2 aromatic carbocycles. The van der Waals surface area contributed by atoms with Gasteiger partial charge in [0.05, 0.1) is 20.8 Å². The average Bonchev–Trinajstić information content (AvgIpc) is 3.70. The molecule has 4 fully saturated rings. The molecule has 1 saturated carbocycles. The lowest BCUT2D eigenvalue weighted by atomic mass is 9.56. The van der Waals surface area contributed by atoms with Gasteiger partial charge in [-0.2, -0.15) is 0 Å². The van der Waals surface area contributed by atoms with Crippen LogP contribution < -0.4 is 0 Å². The van der Waals surface area contributed by atoms with Gasteiger partial charge in [-0.3, -0.25) is 19.4 Å². The van der Waals surface area contributed by atoms with Crippen molar-refractivity contribution >= 4 is 33.7 Å². The van der Waals surface area contributed by atoms with E-state index in [0.717, 1.165) is 66.6 Å². The Balaban J connectivity index is 1.26. The number of para-hydroxylation sites is 1. The minimum absolute atomic E-state index is 0.0824. The van der Waals surface area contributed by atoms with E-state index in [-0.39, 0.29) is 42.5 Å². The number of likely N-dealkylation sites (N-methyl/N-ethyl adjacent to an activating group) is 1. The number of aliphatic hydroxyl groups excluding tert-OH is 1. The largest absolute Gasteiger partial charge is 0.468 e. The van der Waals surface area contributed by atoms with E-state index >= 15 is 0 Å². The molecule has 2 aromatic heterocycles. The van der Waals surface area contributed by atoms with Crippen LogP contribution in [0.2, 0.25) is 0 Å². The molecule has 10 rings (SSSR count). The standard InChI is InChI=1S/C43H52N4O5/c1-6-25-16-24-20-42(40(49)51-4)38-29(14-15-47(21-24)39(25)42)31-17-27(12-13-35(31)45-38)30-18-33-26(7-2)22-46(3)36(43(33,23-48)41(50)52-5)19-32-28-10-8-9-11-34(28)44-37(30)32/h7-13,17,24-25,30,33,36,39,44-45,48H,6,14-16,18-23H2,1-5H3/b26-7-/t24-,25+,30+,33-,36+,39+,42-,43+/m1/s1. The number of hydrogen-bond donors (Lipinski definition) is 3. The molecule has 3 N–H and O–H groups in total. The number of hydrogen-bond acceptors (Lipinski definition) is 7. The van der Waals surface area contributed by atoms with Gasteiger partial charge in [-0.15, -0.1) is 0 Å². The zero-order valence-corrected chi connectivity index (χ0v) is 31.1. The lowest BCUT2D eigenvalue weighted by molar-refractivity contribution is -0.169. The Morgan fingerprint density at radius 2 is 1.81 bits per heavy atom. The predicted octanol–water partition coefficient (Wildman–Crippen LogP) is 5.84. The number of allylic oxidation sites excluding steroid dienone is 1. The van der Waals surface area contributed by atoms with E-state index in [1.165, 1.54) is 41.3 Å². The van der Waals surface area contributed by atoms with Gasteiger partial charge in [0.25, 0.3) is 0 Å². The lowest BCUT2D eigenvalue weighted by Gasteiger charge is -2.57. The number of fused-ring (bicyclic) bond motifs is 9. The number of piperidine rings is 3. The fourth-order valence-electron chi connectivity index (χ4n) is 12.3.